The average Bonchev–Trinajstić information content (AvgIpc) is 3.03. The Hall–Kier alpha value is -2.33. The number of hydrogen-bond donors (Lipinski definition) is 0. The van der Waals surface area contributed by atoms with Gasteiger partial charge in [0.1, 0.15) is 11.6 Å². The van der Waals surface area contributed by atoms with E-state index >= 15 is 0 Å². The first-order valence-corrected chi connectivity index (χ1v) is 7.63. The number of rotatable bonds is 4. The summed E-state index contributed by atoms with van der Waals surface area (Å²) >= 11 is 0. The third-order valence-corrected chi connectivity index (χ3v) is 4.78. The maximum Gasteiger partial charge on any atom is 0.291 e. The average molecular weight is 317 g/mol. The largest absolute Gasteiger partial charge is 0.493 e. The fourth-order valence-electron chi connectivity index (χ4n) is 3.80. The van der Waals surface area contributed by atoms with E-state index in [0.717, 1.165) is 25.9 Å². The SMILES string of the molecule is COc1cc(C#N)c([N+](=O)[O-])cc1OC1CC2CN(C)CC2C1. The van der Waals surface area contributed by atoms with Crippen LogP contribution in [0.15, 0.2) is 12.1 Å². The lowest BCUT2D eigenvalue weighted by molar-refractivity contribution is -0.385. The van der Waals surface area contributed by atoms with Gasteiger partial charge in [0, 0.05) is 19.2 Å². The Morgan fingerprint density at radius 3 is 2.48 bits per heavy atom. The van der Waals surface area contributed by atoms with Crippen molar-refractivity contribution in [3.05, 3.63) is 27.8 Å². The lowest BCUT2D eigenvalue weighted by Gasteiger charge is -2.18. The van der Waals surface area contributed by atoms with Gasteiger partial charge in [0.25, 0.3) is 5.69 Å². The van der Waals surface area contributed by atoms with Crippen LogP contribution >= 0.6 is 0 Å². The molecule has 0 bridgehead atoms. The highest BCUT2D eigenvalue weighted by molar-refractivity contribution is 5.58. The number of hydrogen-bond acceptors (Lipinski definition) is 6. The normalized spacial score (nSPS) is 26.6. The van der Waals surface area contributed by atoms with Crippen molar-refractivity contribution >= 4 is 5.69 Å². The number of nitro benzene ring substituents is 1. The minimum Gasteiger partial charge on any atom is -0.493 e. The van der Waals surface area contributed by atoms with Crippen LogP contribution in [0.3, 0.4) is 0 Å². The Bertz CT molecular complexity index is 656. The topological polar surface area (TPSA) is 88.6 Å². The molecule has 2 fully saturated rings. The quantitative estimate of drug-likeness (QED) is 0.625. The Morgan fingerprint density at radius 2 is 1.96 bits per heavy atom. The number of methoxy groups -OCH3 is 1. The monoisotopic (exact) mass is 317 g/mol. The third-order valence-electron chi connectivity index (χ3n) is 4.78. The van der Waals surface area contributed by atoms with Gasteiger partial charge in [0.15, 0.2) is 11.5 Å². The van der Waals surface area contributed by atoms with Gasteiger partial charge in [-0.3, -0.25) is 10.1 Å². The second-order valence-electron chi connectivity index (χ2n) is 6.34. The molecule has 1 aliphatic heterocycles. The standard InChI is InChI=1S/C16H19N3O4/c1-18-8-11-3-13(4-12(11)9-18)23-16-6-14(19(20)21)10(7-17)5-15(16)22-2/h5-6,11-13H,3-4,8-9H2,1-2H3. The molecule has 1 saturated carbocycles. The summed E-state index contributed by atoms with van der Waals surface area (Å²) in [6.07, 6.45) is 1.94. The third kappa shape index (κ3) is 2.94. The van der Waals surface area contributed by atoms with Crippen molar-refractivity contribution in [2.24, 2.45) is 11.8 Å². The van der Waals surface area contributed by atoms with Crippen LogP contribution in [0.5, 0.6) is 11.5 Å². The first kappa shape index (κ1) is 15.6. The van der Waals surface area contributed by atoms with E-state index in [1.807, 2.05) is 6.07 Å². The number of likely N-dealkylation sites (tertiary alicyclic amines) is 1. The van der Waals surface area contributed by atoms with Gasteiger partial charge in [-0.15, -0.1) is 0 Å². The lowest BCUT2D eigenvalue weighted by atomic mass is 10.0. The summed E-state index contributed by atoms with van der Waals surface area (Å²) in [6.45, 7) is 2.16. The van der Waals surface area contributed by atoms with Gasteiger partial charge in [-0.2, -0.15) is 5.26 Å². The molecule has 2 aliphatic rings. The van der Waals surface area contributed by atoms with Gasteiger partial charge in [0.05, 0.1) is 24.2 Å². The van der Waals surface area contributed by atoms with Crippen LogP contribution in [0, 0.1) is 33.3 Å². The van der Waals surface area contributed by atoms with E-state index in [9.17, 15) is 10.1 Å². The zero-order valence-corrected chi connectivity index (χ0v) is 13.2. The predicted octanol–water partition coefficient (Wildman–Crippen LogP) is 2.19. The Balaban J connectivity index is 1.81. The number of benzene rings is 1. The zero-order valence-electron chi connectivity index (χ0n) is 13.2. The first-order chi connectivity index (χ1) is 11.0. The predicted molar refractivity (Wildman–Crippen MR) is 82.5 cm³/mol. The van der Waals surface area contributed by atoms with Gasteiger partial charge < -0.3 is 14.4 Å². The van der Waals surface area contributed by atoms with Gasteiger partial charge in [-0.1, -0.05) is 0 Å². The molecule has 23 heavy (non-hydrogen) atoms. The maximum atomic E-state index is 11.1. The molecular formula is C16H19N3O4. The summed E-state index contributed by atoms with van der Waals surface area (Å²) in [4.78, 5) is 12.9. The number of nitrogens with zero attached hydrogens (tertiary/aromatic N) is 3. The van der Waals surface area contributed by atoms with Crippen LogP contribution in [0.25, 0.3) is 0 Å². The van der Waals surface area contributed by atoms with Crippen molar-refractivity contribution in [3.63, 3.8) is 0 Å². The van der Waals surface area contributed by atoms with Crippen LogP contribution in [-0.2, 0) is 0 Å². The molecular weight excluding hydrogens is 298 g/mol. The number of fused-ring (bicyclic) bond motifs is 1. The van der Waals surface area contributed by atoms with Crippen LogP contribution in [-0.4, -0.2) is 43.2 Å². The zero-order chi connectivity index (χ0) is 16.6. The summed E-state index contributed by atoms with van der Waals surface area (Å²) in [5.74, 6) is 1.96. The van der Waals surface area contributed by atoms with Crippen molar-refractivity contribution in [3.8, 4) is 17.6 Å². The molecule has 0 N–H and O–H groups in total. The smallest absolute Gasteiger partial charge is 0.291 e. The van der Waals surface area contributed by atoms with Gasteiger partial charge in [0.2, 0.25) is 0 Å². The van der Waals surface area contributed by atoms with Crippen molar-refractivity contribution in [1.82, 2.24) is 4.90 Å². The molecule has 1 aromatic carbocycles. The molecule has 7 nitrogen and oxygen atoms in total. The molecule has 0 spiro atoms. The van der Waals surface area contributed by atoms with Gasteiger partial charge in [-0.05, 0) is 31.7 Å². The number of ether oxygens (including phenoxy) is 2. The molecule has 122 valence electrons. The molecule has 3 rings (SSSR count). The van der Waals surface area contributed by atoms with E-state index in [1.165, 1.54) is 19.2 Å². The second kappa shape index (κ2) is 6.05. The molecule has 1 aliphatic carbocycles. The van der Waals surface area contributed by atoms with E-state index < -0.39 is 4.92 Å². The highest BCUT2D eigenvalue weighted by Crippen LogP contribution is 2.42. The number of nitriles is 1. The van der Waals surface area contributed by atoms with E-state index in [4.69, 9.17) is 14.7 Å². The fourth-order valence-corrected chi connectivity index (χ4v) is 3.80. The first-order valence-electron chi connectivity index (χ1n) is 7.63. The van der Waals surface area contributed by atoms with Crippen LogP contribution in [0.4, 0.5) is 5.69 Å². The van der Waals surface area contributed by atoms with Crippen molar-refractivity contribution in [1.29, 1.82) is 5.26 Å². The summed E-state index contributed by atoms with van der Waals surface area (Å²) in [5, 5.41) is 20.2. The summed E-state index contributed by atoms with van der Waals surface area (Å²) in [6, 6.07) is 4.50. The second-order valence-corrected chi connectivity index (χ2v) is 6.34. The van der Waals surface area contributed by atoms with E-state index in [1.54, 1.807) is 0 Å². The molecule has 2 unspecified atom stereocenters. The molecule has 7 heteroatoms. The molecule has 1 aromatic rings. The Labute approximate surface area is 134 Å². The van der Waals surface area contributed by atoms with Crippen LogP contribution < -0.4 is 9.47 Å². The Morgan fingerprint density at radius 1 is 1.30 bits per heavy atom. The lowest BCUT2D eigenvalue weighted by Crippen LogP contribution is -2.20. The van der Waals surface area contributed by atoms with E-state index in [0.29, 0.717) is 23.3 Å². The molecule has 0 radical (unpaired) electrons. The Kier molecular flexibility index (Phi) is 4.09. The fraction of sp³-hybridized carbons (Fsp3) is 0.562. The van der Waals surface area contributed by atoms with Crippen LogP contribution in [0.2, 0.25) is 0 Å². The summed E-state index contributed by atoms with van der Waals surface area (Å²) in [5.41, 5.74) is -0.273. The minimum atomic E-state index is -0.566. The van der Waals surface area contributed by atoms with Crippen molar-refractivity contribution in [2.45, 2.75) is 18.9 Å². The van der Waals surface area contributed by atoms with Gasteiger partial charge in [-0.25, -0.2) is 0 Å². The summed E-state index contributed by atoms with van der Waals surface area (Å²) < 4.78 is 11.2. The highest BCUT2D eigenvalue weighted by atomic mass is 16.6. The molecule has 0 amide bonds. The molecule has 1 saturated heterocycles. The molecule has 2 atom stereocenters. The molecule has 1 heterocycles. The maximum absolute atomic E-state index is 11.1. The minimum absolute atomic E-state index is 0.0240. The van der Waals surface area contributed by atoms with Crippen molar-refractivity contribution < 1.29 is 14.4 Å². The molecule has 0 aromatic heterocycles. The van der Waals surface area contributed by atoms with E-state index in [2.05, 4.69) is 11.9 Å². The van der Waals surface area contributed by atoms with E-state index in [-0.39, 0.29) is 17.4 Å². The van der Waals surface area contributed by atoms with Crippen molar-refractivity contribution in [2.75, 3.05) is 27.2 Å². The van der Waals surface area contributed by atoms with Crippen LogP contribution in [0.1, 0.15) is 18.4 Å². The summed E-state index contributed by atoms with van der Waals surface area (Å²) in [7, 11) is 3.59. The van der Waals surface area contributed by atoms with Gasteiger partial charge >= 0.3 is 0 Å². The number of nitro groups is 1. The highest BCUT2D eigenvalue weighted by Gasteiger charge is 2.41.